The number of ether oxygens (including phenoxy) is 1. The highest BCUT2D eigenvalue weighted by molar-refractivity contribution is 6.29. The fraction of sp³-hybridized carbons (Fsp3) is 0.647. The summed E-state index contributed by atoms with van der Waals surface area (Å²) in [6.07, 6.45) is 16.2. The van der Waals surface area contributed by atoms with Gasteiger partial charge in [-0.15, -0.1) is 6.58 Å². The van der Waals surface area contributed by atoms with Crippen LogP contribution >= 0.6 is 11.6 Å². The third-order valence-corrected chi connectivity index (χ3v) is 12.3. The number of aliphatic hydroxyl groups is 1. The van der Waals surface area contributed by atoms with Crippen LogP contribution in [0.5, 0.6) is 0 Å². The molecular formula is C34H44ClNO3. The van der Waals surface area contributed by atoms with Gasteiger partial charge in [0.1, 0.15) is 11.3 Å². The second-order valence-electron chi connectivity index (χ2n) is 13.7. The largest absolute Gasteiger partial charge is 0.458 e. The second-order valence-corrected chi connectivity index (χ2v) is 14.1. The summed E-state index contributed by atoms with van der Waals surface area (Å²) < 4.78 is 6.21. The zero-order valence-corrected chi connectivity index (χ0v) is 24.6. The summed E-state index contributed by atoms with van der Waals surface area (Å²) in [6, 6.07) is 3.77. The highest BCUT2D eigenvalue weighted by Gasteiger charge is 2.60. The van der Waals surface area contributed by atoms with Crippen molar-refractivity contribution in [3.05, 3.63) is 58.9 Å². The van der Waals surface area contributed by atoms with Crippen LogP contribution < -0.4 is 0 Å². The van der Waals surface area contributed by atoms with Gasteiger partial charge in [0, 0.05) is 18.2 Å². The summed E-state index contributed by atoms with van der Waals surface area (Å²) in [6.45, 7) is 11.3. The highest BCUT2D eigenvalue weighted by Crippen LogP contribution is 2.67. The van der Waals surface area contributed by atoms with E-state index in [1.54, 1.807) is 18.3 Å². The molecule has 1 aliphatic heterocycles. The van der Waals surface area contributed by atoms with Gasteiger partial charge in [0.05, 0.1) is 6.10 Å². The number of halogens is 1. The number of esters is 1. The summed E-state index contributed by atoms with van der Waals surface area (Å²) in [5.74, 6) is 2.81. The minimum absolute atomic E-state index is 0.134. The Morgan fingerprint density at radius 3 is 2.74 bits per heavy atom. The molecule has 5 aliphatic rings. The number of carbonyl (C=O) groups excluding carboxylic acids is 1. The van der Waals surface area contributed by atoms with Crippen LogP contribution in [-0.2, 0) is 9.53 Å². The number of carbonyl (C=O) groups is 1. The predicted molar refractivity (Wildman–Crippen MR) is 156 cm³/mol. The quantitative estimate of drug-likeness (QED) is 0.230. The molecule has 4 aliphatic carbocycles. The van der Waals surface area contributed by atoms with Crippen LogP contribution in [0.2, 0.25) is 5.15 Å². The molecule has 2 heterocycles. The molecule has 39 heavy (non-hydrogen) atoms. The van der Waals surface area contributed by atoms with Crippen molar-refractivity contribution in [1.82, 2.24) is 4.98 Å². The molecule has 1 N–H and O–H groups in total. The molecule has 9 atom stereocenters. The molecule has 0 radical (unpaired) electrons. The first-order chi connectivity index (χ1) is 18.7. The Kier molecular flexibility index (Phi) is 7.11. The third-order valence-electron chi connectivity index (χ3n) is 12.1. The van der Waals surface area contributed by atoms with Crippen LogP contribution in [0.25, 0.3) is 5.57 Å². The minimum atomic E-state index is -0.205. The van der Waals surface area contributed by atoms with Crippen molar-refractivity contribution in [2.24, 2.45) is 40.4 Å². The maximum atomic E-state index is 13.3. The summed E-state index contributed by atoms with van der Waals surface area (Å²) in [5, 5.41) is 10.8. The molecule has 1 aromatic rings. The van der Waals surface area contributed by atoms with Crippen molar-refractivity contribution in [3.63, 3.8) is 0 Å². The topological polar surface area (TPSA) is 59.4 Å². The summed E-state index contributed by atoms with van der Waals surface area (Å²) in [7, 11) is 0. The Morgan fingerprint density at radius 2 is 2.00 bits per heavy atom. The van der Waals surface area contributed by atoms with Crippen LogP contribution in [-0.4, -0.2) is 28.3 Å². The van der Waals surface area contributed by atoms with Gasteiger partial charge < -0.3 is 9.84 Å². The van der Waals surface area contributed by atoms with E-state index in [9.17, 15) is 9.90 Å². The Labute approximate surface area is 239 Å². The lowest BCUT2D eigenvalue weighted by molar-refractivity contribution is -0.151. The molecule has 5 heteroatoms. The van der Waals surface area contributed by atoms with Crippen molar-refractivity contribution in [2.45, 2.75) is 97.2 Å². The maximum absolute atomic E-state index is 13.3. The van der Waals surface area contributed by atoms with Gasteiger partial charge in [-0.2, -0.15) is 0 Å². The number of nitrogens with zero attached hydrogens (tertiary/aromatic N) is 1. The van der Waals surface area contributed by atoms with Gasteiger partial charge in [-0.05, 0) is 115 Å². The summed E-state index contributed by atoms with van der Waals surface area (Å²) >= 11 is 6.07. The Morgan fingerprint density at radius 1 is 1.18 bits per heavy atom. The lowest BCUT2D eigenvalue weighted by Crippen LogP contribution is -2.51. The van der Waals surface area contributed by atoms with Gasteiger partial charge in [0.2, 0.25) is 0 Å². The molecule has 0 spiro atoms. The molecule has 1 aromatic heterocycles. The molecule has 4 nitrogen and oxygen atoms in total. The van der Waals surface area contributed by atoms with Gasteiger partial charge >= 0.3 is 5.97 Å². The predicted octanol–water partition coefficient (Wildman–Crippen LogP) is 7.96. The van der Waals surface area contributed by atoms with E-state index in [1.165, 1.54) is 37.7 Å². The second kappa shape index (κ2) is 10.2. The molecular weight excluding hydrogens is 506 g/mol. The zero-order valence-electron chi connectivity index (χ0n) is 23.8. The molecule has 0 saturated heterocycles. The Balaban J connectivity index is 1.25. The lowest BCUT2D eigenvalue weighted by atomic mass is 9.47. The van der Waals surface area contributed by atoms with Crippen molar-refractivity contribution < 1.29 is 14.6 Å². The fourth-order valence-electron chi connectivity index (χ4n) is 9.99. The number of cyclic esters (lactones) is 1. The number of pyridine rings is 1. The summed E-state index contributed by atoms with van der Waals surface area (Å²) in [5.41, 5.74) is 4.76. The van der Waals surface area contributed by atoms with Crippen LogP contribution in [0.15, 0.2) is 48.2 Å². The van der Waals surface area contributed by atoms with E-state index < -0.39 is 0 Å². The van der Waals surface area contributed by atoms with E-state index in [-0.39, 0.29) is 34.9 Å². The first-order valence-electron chi connectivity index (χ1n) is 15.2. The average molecular weight is 550 g/mol. The van der Waals surface area contributed by atoms with E-state index in [4.69, 9.17) is 16.3 Å². The standard InChI is InChI=1S/C34H44ClNO3/c1-5-6-24-26(21-7-12-31(35)36-19-21)18-30(39-32(24)38)20(2)27-10-11-28-25-9-8-22-17-23(37)13-15-33(22,3)29(25)14-16-34(27,28)4/h5,7-8,12,19-20,23,25,27-30,37H,1,6,9-11,13-18H2,2-4H3/t20-,23-,25-,27+,28-,29-,30+,33-,34+/m0/s1. The number of hydrogen-bond donors (Lipinski definition) is 1. The number of aromatic nitrogens is 1. The first kappa shape index (κ1) is 27.3. The van der Waals surface area contributed by atoms with Crippen molar-refractivity contribution in [3.8, 4) is 0 Å². The summed E-state index contributed by atoms with van der Waals surface area (Å²) in [4.78, 5) is 17.6. The molecule has 0 bridgehead atoms. The van der Waals surface area contributed by atoms with E-state index in [2.05, 4.69) is 38.4 Å². The lowest BCUT2D eigenvalue weighted by Gasteiger charge is -2.58. The molecule has 0 unspecified atom stereocenters. The average Bonchev–Trinajstić information content (AvgIpc) is 3.27. The van der Waals surface area contributed by atoms with Crippen LogP contribution in [0, 0.1) is 40.4 Å². The number of aliphatic hydroxyl groups excluding tert-OH is 1. The van der Waals surface area contributed by atoms with E-state index in [0.717, 1.165) is 54.6 Å². The van der Waals surface area contributed by atoms with Crippen LogP contribution in [0.4, 0.5) is 0 Å². The maximum Gasteiger partial charge on any atom is 0.334 e. The van der Waals surface area contributed by atoms with Crippen LogP contribution in [0.3, 0.4) is 0 Å². The molecule has 3 fully saturated rings. The normalized spacial score (nSPS) is 40.6. The van der Waals surface area contributed by atoms with E-state index >= 15 is 0 Å². The van der Waals surface area contributed by atoms with Crippen molar-refractivity contribution >= 4 is 23.1 Å². The van der Waals surface area contributed by atoms with Crippen molar-refractivity contribution in [1.29, 1.82) is 0 Å². The number of fused-ring (bicyclic) bond motifs is 5. The van der Waals surface area contributed by atoms with E-state index in [0.29, 0.717) is 23.1 Å². The van der Waals surface area contributed by atoms with Crippen LogP contribution in [0.1, 0.15) is 90.5 Å². The monoisotopic (exact) mass is 549 g/mol. The molecule has 0 amide bonds. The highest BCUT2D eigenvalue weighted by atomic mass is 35.5. The molecule has 6 rings (SSSR count). The number of hydrogen-bond acceptors (Lipinski definition) is 4. The zero-order chi connectivity index (χ0) is 27.5. The van der Waals surface area contributed by atoms with Gasteiger partial charge in [-0.1, -0.05) is 56.2 Å². The minimum Gasteiger partial charge on any atom is -0.458 e. The van der Waals surface area contributed by atoms with E-state index in [1.807, 2.05) is 6.07 Å². The Bertz CT molecular complexity index is 1200. The molecule has 210 valence electrons. The first-order valence-corrected chi connectivity index (χ1v) is 15.6. The number of allylic oxidation sites excluding steroid dienone is 2. The van der Waals surface area contributed by atoms with Gasteiger partial charge in [0.15, 0.2) is 0 Å². The van der Waals surface area contributed by atoms with Gasteiger partial charge in [-0.3, -0.25) is 0 Å². The molecule has 0 aromatic carbocycles. The molecule has 3 saturated carbocycles. The van der Waals surface area contributed by atoms with Gasteiger partial charge in [-0.25, -0.2) is 9.78 Å². The number of rotatable bonds is 5. The van der Waals surface area contributed by atoms with Gasteiger partial charge in [0.25, 0.3) is 0 Å². The smallest absolute Gasteiger partial charge is 0.334 e. The third kappa shape index (κ3) is 4.45. The Hall–Kier alpha value is -1.91. The fourth-order valence-corrected chi connectivity index (χ4v) is 10.1. The van der Waals surface area contributed by atoms with Crippen molar-refractivity contribution in [2.75, 3.05) is 0 Å². The SMILES string of the molecule is C=CCC1=C(c2ccc(Cl)nc2)C[C@H]([C@@H](C)[C@H]2CC[C@H]3[C@@H]4CC=C5C[C@@H](O)CC[C@]5(C)[C@H]4CC[C@]23C)OC1=O.